The van der Waals surface area contributed by atoms with Crippen LogP contribution in [0, 0.1) is 0 Å². The van der Waals surface area contributed by atoms with Crippen molar-refractivity contribution < 1.29 is 19.1 Å². The molecule has 1 heterocycles. The number of carbonyl (C=O) groups excluding carboxylic acids is 2. The third kappa shape index (κ3) is 9.16. The van der Waals surface area contributed by atoms with E-state index in [9.17, 15) is 9.59 Å². The Bertz CT molecular complexity index is 1300. The molecule has 1 aliphatic rings. The van der Waals surface area contributed by atoms with Gasteiger partial charge in [-0.05, 0) is 74.0 Å². The summed E-state index contributed by atoms with van der Waals surface area (Å²) in [6.45, 7) is 5.43. The Labute approximate surface area is 257 Å². The van der Waals surface area contributed by atoms with Crippen LogP contribution >= 0.6 is 35.6 Å². The molecule has 1 aliphatic heterocycles. The first-order chi connectivity index (χ1) is 19.4. The van der Waals surface area contributed by atoms with E-state index in [1.807, 2.05) is 12.1 Å². The second-order valence-electron chi connectivity index (χ2n) is 9.52. The van der Waals surface area contributed by atoms with Crippen molar-refractivity contribution in [3.8, 4) is 11.5 Å². The lowest BCUT2D eigenvalue weighted by atomic mass is 10.1. The number of ether oxygens (including phenoxy) is 2. The van der Waals surface area contributed by atoms with Crippen molar-refractivity contribution in [1.29, 1.82) is 0 Å². The third-order valence-electron chi connectivity index (χ3n) is 6.82. The Morgan fingerprint density at radius 2 is 1.49 bits per heavy atom. The molecule has 3 aromatic carbocycles. The number of carbonyl (C=O) groups is 2. The van der Waals surface area contributed by atoms with Gasteiger partial charge in [0.15, 0.2) is 0 Å². The van der Waals surface area contributed by atoms with Gasteiger partial charge in [-0.2, -0.15) is 0 Å². The predicted octanol–water partition coefficient (Wildman–Crippen LogP) is 6.02. The van der Waals surface area contributed by atoms with Crippen LogP contribution < -0.4 is 25.0 Å². The van der Waals surface area contributed by atoms with Gasteiger partial charge in [0.05, 0.1) is 19.9 Å². The normalized spacial score (nSPS) is 13.2. The van der Waals surface area contributed by atoms with E-state index < -0.39 is 0 Å². The molecular weight excluding hydrogens is 587 g/mol. The maximum Gasteiger partial charge on any atom is 0.255 e. The van der Waals surface area contributed by atoms with Gasteiger partial charge < -0.3 is 25.0 Å². The van der Waals surface area contributed by atoms with Crippen molar-refractivity contribution in [3.05, 3.63) is 81.8 Å². The Kier molecular flexibility index (Phi) is 12.4. The third-order valence-corrected chi connectivity index (χ3v) is 7.25. The molecule has 2 amide bonds. The van der Waals surface area contributed by atoms with Crippen LogP contribution in [-0.2, 0) is 0 Å². The Morgan fingerprint density at radius 3 is 2.12 bits per heavy atom. The van der Waals surface area contributed by atoms with Gasteiger partial charge in [-0.15, -0.1) is 12.4 Å². The fourth-order valence-corrected chi connectivity index (χ4v) is 5.14. The molecule has 2 N–H and O–H groups in total. The van der Waals surface area contributed by atoms with Crippen molar-refractivity contribution in [3.63, 3.8) is 0 Å². The van der Waals surface area contributed by atoms with Crippen molar-refractivity contribution in [2.45, 2.75) is 12.8 Å². The van der Waals surface area contributed by atoms with Crippen molar-refractivity contribution in [2.75, 3.05) is 63.7 Å². The zero-order chi connectivity index (χ0) is 28.5. The molecule has 0 bridgehead atoms. The average molecular weight is 622 g/mol. The lowest BCUT2D eigenvalue weighted by Crippen LogP contribution is -2.46. The quantitative estimate of drug-likeness (QED) is 0.255. The molecule has 220 valence electrons. The van der Waals surface area contributed by atoms with E-state index in [1.165, 1.54) is 0 Å². The van der Waals surface area contributed by atoms with Gasteiger partial charge in [0.1, 0.15) is 11.5 Å². The highest BCUT2D eigenvalue weighted by Crippen LogP contribution is 2.32. The molecule has 0 atom stereocenters. The summed E-state index contributed by atoms with van der Waals surface area (Å²) in [5.74, 6) is 1.14. The highest BCUT2D eigenvalue weighted by atomic mass is 35.5. The first-order valence-corrected chi connectivity index (χ1v) is 14.0. The standard InChI is InChI=1S/C30H34Cl2N4O4.ClH/c1-39-26-9-10-27(28(20-26)40-2)36-15-13-35(14-16-36)12-4-3-11-33-29(37)21-5-7-25(8-6-21)34-30(38)22-17-23(31)19-24(32)18-22;/h5-10,17-20H,3-4,11-16H2,1-2H3,(H,33,37)(H,34,38);1H. The lowest BCUT2D eigenvalue weighted by Gasteiger charge is -2.36. The molecular formula is C30H35Cl3N4O4. The zero-order valence-corrected chi connectivity index (χ0v) is 25.5. The van der Waals surface area contributed by atoms with Crippen LogP contribution in [0.15, 0.2) is 60.7 Å². The van der Waals surface area contributed by atoms with Gasteiger partial charge in [0.25, 0.3) is 11.8 Å². The van der Waals surface area contributed by atoms with Crippen LogP contribution in [0.3, 0.4) is 0 Å². The summed E-state index contributed by atoms with van der Waals surface area (Å²) >= 11 is 12.0. The molecule has 4 rings (SSSR count). The van der Waals surface area contributed by atoms with Crippen molar-refractivity contribution in [2.24, 2.45) is 0 Å². The van der Waals surface area contributed by atoms with Gasteiger partial charge in [-0.3, -0.25) is 14.5 Å². The number of piperazine rings is 1. The molecule has 0 aliphatic carbocycles. The molecule has 1 saturated heterocycles. The predicted molar refractivity (Wildman–Crippen MR) is 168 cm³/mol. The summed E-state index contributed by atoms with van der Waals surface area (Å²) in [4.78, 5) is 29.8. The van der Waals surface area contributed by atoms with Crippen molar-refractivity contribution in [1.82, 2.24) is 10.2 Å². The number of rotatable bonds is 11. The summed E-state index contributed by atoms with van der Waals surface area (Å²) in [5.41, 5.74) is 2.56. The van der Waals surface area contributed by atoms with Crippen LogP contribution in [0.5, 0.6) is 11.5 Å². The number of unbranched alkanes of at least 4 members (excludes halogenated alkanes) is 1. The van der Waals surface area contributed by atoms with E-state index in [1.54, 1.807) is 56.7 Å². The minimum Gasteiger partial charge on any atom is -0.497 e. The summed E-state index contributed by atoms with van der Waals surface area (Å²) in [7, 11) is 3.34. The van der Waals surface area contributed by atoms with Crippen molar-refractivity contribution >= 4 is 58.8 Å². The van der Waals surface area contributed by atoms with E-state index in [-0.39, 0.29) is 24.2 Å². The summed E-state index contributed by atoms with van der Waals surface area (Å²) < 4.78 is 10.9. The van der Waals surface area contributed by atoms with E-state index in [4.69, 9.17) is 32.7 Å². The number of methoxy groups -OCH3 is 2. The number of benzene rings is 3. The topological polar surface area (TPSA) is 83.1 Å². The second-order valence-corrected chi connectivity index (χ2v) is 10.4. The van der Waals surface area contributed by atoms with Crippen LogP contribution in [0.1, 0.15) is 33.6 Å². The van der Waals surface area contributed by atoms with Crippen LogP contribution in [0.2, 0.25) is 10.0 Å². The summed E-state index contributed by atoms with van der Waals surface area (Å²) in [5, 5.41) is 6.54. The van der Waals surface area contributed by atoms with Gasteiger partial charge in [0, 0.05) is 65.6 Å². The monoisotopic (exact) mass is 620 g/mol. The lowest BCUT2D eigenvalue weighted by molar-refractivity contribution is 0.0952. The summed E-state index contributed by atoms with van der Waals surface area (Å²) in [6.07, 6.45) is 1.90. The highest BCUT2D eigenvalue weighted by Gasteiger charge is 2.20. The number of halogens is 3. The van der Waals surface area contributed by atoms with E-state index in [0.29, 0.717) is 33.4 Å². The maximum absolute atomic E-state index is 12.5. The average Bonchev–Trinajstić information content (AvgIpc) is 2.96. The molecule has 0 unspecified atom stereocenters. The van der Waals surface area contributed by atoms with Gasteiger partial charge in [0.2, 0.25) is 0 Å². The van der Waals surface area contributed by atoms with E-state index >= 15 is 0 Å². The molecule has 0 spiro atoms. The zero-order valence-electron chi connectivity index (χ0n) is 23.1. The van der Waals surface area contributed by atoms with Crippen LogP contribution in [-0.4, -0.2) is 70.2 Å². The number of hydrogen-bond donors (Lipinski definition) is 2. The fourth-order valence-electron chi connectivity index (χ4n) is 4.62. The first kappa shape index (κ1) is 32.3. The SMILES string of the molecule is COc1ccc(N2CCN(CCCCNC(=O)c3ccc(NC(=O)c4cc(Cl)cc(Cl)c4)cc3)CC2)c(OC)c1.Cl. The molecule has 11 heteroatoms. The summed E-state index contributed by atoms with van der Waals surface area (Å²) in [6, 6.07) is 17.4. The fraction of sp³-hybridized carbons (Fsp3) is 0.333. The number of anilines is 2. The molecule has 0 radical (unpaired) electrons. The number of amides is 2. The number of nitrogens with zero attached hydrogens (tertiary/aromatic N) is 2. The van der Waals surface area contributed by atoms with Gasteiger partial charge in [-0.25, -0.2) is 0 Å². The molecule has 1 fully saturated rings. The minimum atomic E-state index is -0.330. The smallest absolute Gasteiger partial charge is 0.255 e. The Balaban J connectivity index is 0.00000462. The second kappa shape index (κ2) is 15.7. The van der Waals surface area contributed by atoms with E-state index in [2.05, 4.69) is 26.5 Å². The molecule has 41 heavy (non-hydrogen) atoms. The molecule has 0 aromatic heterocycles. The Hall–Kier alpha value is -3.17. The molecule has 0 saturated carbocycles. The largest absolute Gasteiger partial charge is 0.497 e. The van der Waals surface area contributed by atoms with Crippen LogP contribution in [0.4, 0.5) is 11.4 Å². The number of nitrogens with one attached hydrogen (secondary N) is 2. The van der Waals surface area contributed by atoms with Crippen LogP contribution in [0.25, 0.3) is 0 Å². The molecule has 8 nitrogen and oxygen atoms in total. The maximum atomic E-state index is 12.5. The Morgan fingerprint density at radius 1 is 0.805 bits per heavy atom. The highest BCUT2D eigenvalue weighted by molar-refractivity contribution is 6.35. The minimum absolute atomic E-state index is 0. The van der Waals surface area contributed by atoms with Gasteiger partial charge in [-0.1, -0.05) is 23.2 Å². The number of hydrogen-bond acceptors (Lipinski definition) is 6. The van der Waals surface area contributed by atoms with E-state index in [0.717, 1.165) is 62.8 Å². The van der Waals surface area contributed by atoms with Gasteiger partial charge >= 0.3 is 0 Å². The first-order valence-electron chi connectivity index (χ1n) is 13.2. The molecule has 3 aromatic rings.